The second-order valence-corrected chi connectivity index (χ2v) is 6.74. The van der Waals surface area contributed by atoms with Crippen molar-refractivity contribution in [2.45, 2.75) is 18.3 Å². The van der Waals surface area contributed by atoms with Crippen LogP contribution in [0.3, 0.4) is 0 Å². The van der Waals surface area contributed by atoms with Gasteiger partial charge in [-0.25, -0.2) is 0 Å². The van der Waals surface area contributed by atoms with Gasteiger partial charge in [0.05, 0.1) is 6.54 Å². The topological polar surface area (TPSA) is 28.1 Å². The van der Waals surface area contributed by atoms with Crippen LogP contribution in [0, 0.1) is 0 Å². The lowest BCUT2D eigenvalue weighted by molar-refractivity contribution is 0.0530. The van der Waals surface area contributed by atoms with E-state index in [9.17, 15) is 0 Å². The van der Waals surface area contributed by atoms with Gasteiger partial charge in [-0.05, 0) is 30.5 Å². The number of hydrogen-bond donors (Lipinski definition) is 0. The number of hydrogen-bond acceptors (Lipinski definition) is 2. The molecule has 0 aromatic heterocycles. The fourth-order valence-corrected chi connectivity index (χ4v) is 3.21. The molecule has 122 valence electrons. The molecule has 0 radical (unpaired) electrons. The number of nitrogens with zero attached hydrogens (tertiary/aromatic N) is 3. The van der Waals surface area contributed by atoms with E-state index < -0.39 is 0 Å². The molecule has 1 aromatic rings. The van der Waals surface area contributed by atoms with Crippen LogP contribution >= 0.6 is 11.6 Å². The zero-order valence-electron chi connectivity index (χ0n) is 14.0. The third-order valence-corrected chi connectivity index (χ3v) is 4.45. The van der Waals surface area contributed by atoms with Gasteiger partial charge in [-0.15, -0.1) is 0 Å². The fraction of sp³-hybridized carbons (Fsp3) is 0.588. The Bertz CT molecular complexity index is 512. The molecule has 1 fully saturated rings. The second-order valence-electron chi connectivity index (χ2n) is 6.31. The quantitative estimate of drug-likeness (QED) is 0.632. The van der Waals surface area contributed by atoms with Gasteiger partial charge in [-0.3, -0.25) is 4.99 Å². The molecule has 5 heteroatoms. The molecule has 0 aliphatic carbocycles. The van der Waals surface area contributed by atoms with E-state index in [0.717, 1.165) is 43.6 Å². The van der Waals surface area contributed by atoms with Gasteiger partial charge in [0.2, 0.25) is 0 Å². The van der Waals surface area contributed by atoms with E-state index in [4.69, 9.17) is 21.3 Å². The summed E-state index contributed by atoms with van der Waals surface area (Å²) in [5.41, 5.74) is 1.28. The molecule has 0 unspecified atom stereocenters. The van der Waals surface area contributed by atoms with E-state index in [-0.39, 0.29) is 5.41 Å². The van der Waals surface area contributed by atoms with Gasteiger partial charge < -0.3 is 14.5 Å². The molecule has 0 bridgehead atoms. The first kappa shape index (κ1) is 17.1. The lowest BCUT2D eigenvalue weighted by Gasteiger charge is -2.37. The monoisotopic (exact) mass is 323 g/mol. The van der Waals surface area contributed by atoms with Crippen LogP contribution in [-0.4, -0.2) is 63.7 Å². The van der Waals surface area contributed by atoms with Gasteiger partial charge in [0.1, 0.15) is 0 Å². The first-order valence-electron chi connectivity index (χ1n) is 7.67. The first-order chi connectivity index (χ1) is 10.4. The van der Waals surface area contributed by atoms with Crippen LogP contribution in [0.15, 0.2) is 29.3 Å². The molecule has 1 saturated heterocycles. The molecule has 2 rings (SSSR count). The van der Waals surface area contributed by atoms with Gasteiger partial charge in [-0.1, -0.05) is 23.7 Å². The van der Waals surface area contributed by atoms with Gasteiger partial charge in [0, 0.05) is 51.8 Å². The molecule has 1 aliphatic rings. The highest BCUT2D eigenvalue weighted by Gasteiger charge is 2.34. The van der Waals surface area contributed by atoms with Crippen LogP contribution in [0.4, 0.5) is 0 Å². The highest BCUT2D eigenvalue weighted by molar-refractivity contribution is 6.30. The molecule has 0 N–H and O–H groups in total. The van der Waals surface area contributed by atoms with E-state index >= 15 is 0 Å². The molecule has 1 aliphatic heterocycles. The van der Waals surface area contributed by atoms with Gasteiger partial charge in [-0.2, -0.15) is 0 Å². The van der Waals surface area contributed by atoms with Crippen LogP contribution in [-0.2, 0) is 10.2 Å². The smallest absolute Gasteiger partial charge is 0.195 e. The lowest BCUT2D eigenvalue weighted by atomic mass is 9.74. The summed E-state index contributed by atoms with van der Waals surface area (Å²) in [5.74, 6) is 0.980. The largest absolute Gasteiger partial charge is 0.381 e. The number of guanidine groups is 1. The first-order valence-corrected chi connectivity index (χ1v) is 8.05. The standard InChI is InChI=1S/C17H26ClN3O/c1-20(2)16(21(3)4)19-13-17(8-10-22-11-9-17)14-6-5-7-15(18)12-14/h5-7,12H,8-11,13H2,1-4H3. The predicted octanol–water partition coefficient (Wildman–Crippen LogP) is 2.87. The van der Waals surface area contributed by atoms with Crippen LogP contribution in [0.2, 0.25) is 5.02 Å². The zero-order valence-corrected chi connectivity index (χ0v) is 14.7. The van der Waals surface area contributed by atoms with Gasteiger partial charge >= 0.3 is 0 Å². The Labute approximate surface area is 138 Å². The fourth-order valence-electron chi connectivity index (χ4n) is 3.02. The lowest BCUT2D eigenvalue weighted by Crippen LogP contribution is -2.40. The van der Waals surface area contributed by atoms with E-state index in [0.29, 0.717) is 0 Å². The Morgan fingerprint density at radius 1 is 1.18 bits per heavy atom. The Morgan fingerprint density at radius 3 is 2.36 bits per heavy atom. The average molecular weight is 324 g/mol. The van der Waals surface area contributed by atoms with Crippen molar-refractivity contribution in [2.75, 3.05) is 47.9 Å². The molecule has 0 amide bonds. The minimum atomic E-state index is 0.0143. The third kappa shape index (κ3) is 3.93. The van der Waals surface area contributed by atoms with Crippen LogP contribution < -0.4 is 0 Å². The van der Waals surface area contributed by atoms with Crippen LogP contribution in [0.1, 0.15) is 18.4 Å². The minimum absolute atomic E-state index is 0.0143. The summed E-state index contributed by atoms with van der Waals surface area (Å²) in [4.78, 5) is 8.99. The van der Waals surface area contributed by atoms with Crippen molar-refractivity contribution in [3.8, 4) is 0 Å². The van der Waals surface area contributed by atoms with E-state index in [1.807, 2.05) is 50.1 Å². The van der Waals surface area contributed by atoms with Crippen molar-refractivity contribution < 1.29 is 4.74 Å². The molecule has 4 nitrogen and oxygen atoms in total. The van der Waals surface area contributed by atoms with Crippen molar-refractivity contribution in [3.05, 3.63) is 34.9 Å². The number of ether oxygens (including phenoxy) is 1. The maximum atomic E-state index is 6.21. The number of rotatable bonds is 3. The summed E-state index contributed by atoms with van der Waals surface area (Å²) in [6, 6.07) is 8.19. The number of halogens is 1. The van der Waals surface area contributed by atoms with Crippen molar-refractivity contribution >= 4 is 17.6 Å². The molecule has 1 aromatic carbocycles. The van der Waals surface area contributed by atoms with Crippen molar-refractivity contribution in [3.63, 3.8) is 0 Å². The highest BCUT2D eigenvalue weighted by atomic mass is 35.5. The van der Waals surface area contributed by atoms with Gasteiger partial charge in [0.15, 0.2) is 5.96 Å². The maximum Gasteiger partial charge on any atom is 0.195 e. The van der Waals surface area contributed by atoms with E-state index in [2.05, 4.69) is 12.1 Å². The van der Waals surface area contributed by atoms with Gasteiger partial charge in [0.25, 0.3) is 0 Å². The second kappa shape index (κ2) is 7.34. The predicted molar refractivity (Wildman–Crippen MR) is 92.9 cm³/mol. The molecule has 1 heterocycles. The average Bonchev–Trinajstić information content (AvgIpc) is 2.47. The summed E-state index contributed by atoms with van der Waals surface area (Å²) in [5, 5.41) is 0.785. The Balaban J connectivity index is 2.32. The third-order valence-electron chi connectivity index (χ3n) is 4.21. The maximum absolute atomic E-state index is 6.21. The number of aliphatic imine (C=N–C) groups is 1. The Kier molecular flexibility index (Phi) is 5.70. The summed E-state index contributed by atoms with van der Waals surface area (Å²) in [6.07, 6.45) is 1.95. The molecular formula is C17H26ClN3O. The normalized spacial score (nSPS) is 17.0. The highest BCUT2D eigenvalue weighted by Crippen LogP contribution is 2.36. The molecule has 0 atom stereocenters. The summed E-state index contributed by atoms with van der Waals surface area (Å²) < 4.78 is 5.58. The minimum Gasteiger partial charge on any atom is -0.381 e. The van der Waals surface area contributed by atoms with Crippen LogP contribution in [0.5, 0.6) is 0 Å². The molecule has 22 heavy (non-hydrogen) atoms. The zero-order chi connectivity index (χ0) is 16.2. The van der Waals surface area contributed by atoms with E-state index in [1.165, 1.54) is 5.56 Å². The van der Waals surface area contributed by atoms with Crippen LogP contribution in [0.25, 0.3) is 0 Å². The van der Waals surface area contributed by atoms with Crippen molar-refractivity contribution in [1.82, 2.24) is 9.80 Å². The summed E-state index contributed by atoms with van der Waals surface area (Å²) >= 11 is 6.21. The Hall–Kier alpha value is -1.26. The SMILES string of the molecule is CN(C)C(=NCC1(c2cccc(Cl)c2)CCOCC1)N(C)C. The number of benzene rings is 1. The molecule has 0 saturated carbocycles. The molecule has 0 spiro atoms. The van der Waals surface area contributed by atoms with Crippen molar-refractivity contribution in [2.24, 2.45) is 4.99 Å². The summed E-state index contributed by atoms with van der Waals surface area (Å²) in [6.45, 7) is 2.31. The Morgan fingerprint density at radius 2 is 1.82 bits per heavy atom. The van der Waals surface area contributed by atoms with Crippen molar-refractivity contribution in [1.29, 1.82) is 0 Å². The summed E-state index contributed by atoms with van der Waals surface area (Å²) in [7, 11) is 8.09. The molecular weight excluding hydrogens is 298 g/mol. The van der Waals surface area contributed by atoms with E-state index in [1.54, 1.807) is 0 Å².